The highest BCUT2D eigenvalue weighted by atomic mass is 35.5. The second-order valence-electron chi connectivity index (χ2n) is 4.65. The molecule has 0 fully saturated rings. The van der Waals surface area contributed by atoms with Crippen LogP contribution in [-0.2, 0) is 4.74 Å². The van der Waals surface area contributed by atoms with Gasteiger partial charge in [0.15, 0.2) is 0 Å². The minimum Gasteiger partial charge on any atom is -0.380 e. The number of hydrogen-bond acceptors (Lipinski definition) is 2. The molecule has 0 amide bonds. The number of nitrogens with one attached hydrogen (secondary N) is 1. The molecular formula is C14H32ClNO. The van der Waals surface area contributed by atoms with Gasteiger partial charge in [-0.2, -0.15) is 0 Å². The average molecular weight is 266 g/mol. The molecule has 0 radical (unpaired) electrons. The summed E-state index contributed by atoms with van der Waals surface area (Å²) in [6.07, 6.45) is 7.67. The van der Waals surface area contributed by atoms with Crippen molar-refractivity contribution in [2.45, 2.75) is 71.8 Å². The van der Waals surface area contributed by atoms with Crippen LogP contribution in [0.25, 0.3) is 0 Å². The smallest absolute Gasteiger partial charge is 0.0590 e. The zero-order valence-electron chi connectivity index (χ0n) is 12.2. The van der Waals surface area contributed by atoms with Crippen molar-refractivity contribution in [3.63, 3.8) is 0 Å². The van der Waals surface area contributed by atoms with E-state index in [-0.39, 0.29) is 12.4 Å². The molecule has 0 aromatic carbocycles. The van der Waals surface area contributed by atoms with Crippen molar-refractivity contribution < 1.29 is 4.74 Å². The van der Waals surface area contributed by atoms with E-state index in [1.54, 1.807) is 0 Å². The van der Waals surface area contributed by atoms with E-state index in [2.05, 4.69) is 33.0 Å². The van der Waals surface area contributed by atoms with Gasteiger partial charge >= 0.3 is 0 Å². The average Bonchev–Trinajstić information content (AvgIpc) is 2.26. The quantitative estimate of drug-likeness (QED) is 0.566. The van der Waals surface area contributed by atoms with Gasteiger partial charge in [-0.05, 0) is 26.2 Å². The molecule has 0 atom stereocenters. The first kappa shape index (κ1) is 19.5. The summed E-state index contributed by atoms with van der Waals surface area (Å²) >= 11 is 0. The van der Waals surface area contributed by atoms with Crippen LogP contribution in [0.4, 0.5) is 0 Å². The summed E-state index contributed by atoms with van der Waals surface area (Å²) in [5.41, 5.74) is 0.370. The monoisotopic (exact) mass is 265 g/mol. The van der Waals surface area contributed by atoms with Crippen LogP contribution in [0.15, 0.2) is 0 Å². The van der Waals surface area contributed by atoms with Crippen LogP contribution < -0.4 is 5.32 Å². The lowest BCUT2D eigenvalue weighted by Gasteiger charge is -2.35. The third kappa shape index (κ3) is 8.87. The fraction of sp³-hybridized carbons (Fsp3) is 1.00. The Hall–Kier alpha value is 0.210. The van der Waals surface area contributed by atoms with Crippen molar-refractivity contribution in [3.8, 4) is 0 Å². The van der Waals surface area contributed by atoms with Crippen LogP contribution in [0.5, 0.6) is 0 Å². The Kier molecular flexibility index (Phi) is 14.6. The van der Waals surface area contributed by atoms with Crippen LogP contribution in [0, 0.1) is 0 Å². The number of hydrogen-bond donors (Lipinski definition) is 1. The normalized spacial score (nSPS) is 11.3. The fourth-order valence-electron chi connectivity index (χ4n) is 2.61. The molecule has 0 saturated heterocycles. The molecule has 2 nitrogen and oxygen atoms in total. The number of rotatable bonds is 11. The van der Waals surface area contributed by atoms with Gasteiger partial charge < -0.3 is 10.1 Å². The topological polar surface area (TPSA) is 21.3 Å². The van der Waals surface area contributed by atoms with Gasteiger partial charge in [0.25, 0.3) is 0 Å². The Balaban J connectivity index is 0. The molecule has 0 aromatic heterocycles. The van der Waals surface area contributed by atoms with E-state index >= 15 is 0 Å². The van der Waals surface area contributed by atoms with E-state index in [4.69, 9.17) is 4.74 Å². The molecule has 0 aliphatic heterocycles. The maximum atomic E-state index is 5.40. The Bertz CT molecular complexity index is 136. The molecule has 0 aromatic rings. The molecule has 0 bridgehead atoms. The molecule has 0 unspecified atom stereocenters. The first-order chi connectivity index (χ1) is 7.74. The van der Waals surface area contributed by atoms with E-state index in [0.29, 0.717) is 5.54 Å². The lowest BCUT2D eigenvalue weighted by molar-refractivity contribution is 0.134. The fourth-order valence-corrected chi connectivity index (χ4v) is 2.61. The molecule has 0 saturated carbocycles. The summed E-state index contributed by atoms with van der Waals surface area (Å²) in [7, 11) is 0. The second-order valence-corrected chi connectivity index (χ2v) is 4.65. The van der Waals surface area contributed by atoms with Gasteiger partial charge in [0, 0.05) is 18.7 Å². The zero-order chi connectivity index (χ0) is 12.3. The minimum atomic E-state index is 0. The highest BCUT2D eigenvalue weighted by molar-refractivity contribution is 5.85. The van der Waals surface area contributed by atoms with E-state index in [1.807, 2.05) is 0 Å². The van der Waals surface area contributed by atoms with Gasteiger partial charge in [-0.3, -0.25) is 0 Å². The van der Waals surface area contributed by atoms with E-state index < -0.39 is 0 Å². The molecule has 0 aliphatic rings. The molecule has 0 aliphatic carbocycles. The maximum Gasteiger partial charge on any atom is 0.0590 e. The van der Waals surface area contributed by atoms with Crippen LogP contribution >= 0.6 is 12.4 Å². The van der Waals surface area contributed by atoms with Crippen molar-refractivity contribution in [1.82, 2.24) is 5.32 Å². The van der Waals surface area contributed by atoms with Crippen LogP contribution in [-0.4, -0.2) is 25.3 Å². The Morgan fingerprint density at radius 2 is 1.35 bits per heavy atom. The molecule has 0 spiro atoms. The van der Waals surface area contributed by atoms with Crippen molar-refractivity contribution in [3.05, 3.63) is 0 Å². The van der Waals surface area contributed by atoms with Crippen molar-refractivity contribution in [2.75, 3.05) is 19.8 Å². The van der Waals surface area contributed by atoms with Crippen molar-refractivity contribution in [1.29, 1.82) is 0 Å². The third-order valence-electron chi connectivity index (χ3n) is 3.14. The maximum absolute atomic E-state index is 5.40. The number of halogens is 1. The minimum absolute atomic E-state index is 0. The highest BCUT2D eigenvalue weighted by Gasteiger charge is 2.25. The largest absolute Gasteiger partial charge is 0.380 e. The molecule has 106 valence electrons. The van der Waals surface area contributed by atoms with Gasteiger partial charge in [-0.25, -0.2) is 0 Å². The Labute approximate surface area is 114 Å². The van der Waals surface area contributed by atoms with Crippen LogP contribution in [0.1, 0.15) is 66.2 Å². The van der Waals surface area contributed by atoms with Gasteiger partial charge in [0.2, 0.25) is 0 Å². The molecule has 0 rings (SSSR count). The van der Waals surface area contributed by atoms with Crippen molar-refractivity contribution >= 4 is 12.4 Å². The summed E-state index contributed by atoms with van der Waals surface area (Å²) in [6.45, 7) is 11.6. The molecule has 3 heteroatoms. The lowest BCUT2D eigenvalue weighted by Crippen LogP contribution is -2.46. The lowest BCUT2D eigenvalue weighted by atomic mass is 9.84. The first-order valence-electron chi connectivity index (χ1n) is 7.07. The summed E-state index contributed by atoms with van der Waals surface area (Å²) < 4.78 is 5.40. The van der Waals surface area contributed by atoms with Crippen molar-refractivity contribution in [2.24, 2.45) is 0 Å². The summed E-state index contributed by atoms with van der Waals surface area (Å²) in [5.74, 6) is 0. The predicted octanol–water partition coefficient (Wildman–Crippen LogP) is 4.17. The van der Waals surface area contributed by atoms with E-state index in [9.17, 15) is 0 Å². The van der Waals surface area contributed by atoms with Crippen LogP contribution in [0.2, 0.25) is 0 Å². The standard InChI is InChI=1S/C14H31NO.ClH/c1-5-9-14(10-6-2,11-7-3)15-12-13-16-8-4;/h15H,5-13H2,1-4H3;1H. The molecule has 1 N–H and O–H groups in total. The van der Waals surface area contributed by atoms with E-state index in [0.717, 1.165) is 19.8 Å². The third-order valence-corrected chi connectivity index (χ3v) is 3.14. The summed E-state index contributed by atoms with van der Waals surface area (Å²) in [5, 5.41) is 3.75. The predicted molar refractivity (Wildman–Crippen MR) is 79.2 cm³/mol. The second kappa shape index (κ2) is 12.7. The van der Waals surface area contributed by atoms with Crippen LogP contribution in [0.3, 0.4) is 0 Å². The van der Waals surface area contributed by atoms with E-state index in [1.165, 1.54) is 38.5 Å². The Morgan fingerprint density at radius 3 is 1.71 bits per heavy atom. The SMILES string of the molecule is CCCC(CCC)(CCC)NCCOCC.Cl. The highest BCUT2D eigenvalue weighted by Crippen LogP contribution is 2.25. The van der Waals surface area contributed by atoms with Gasteiger partial charge in [0.05, 0.1) is 6.61 Å². The first-order valence-corrected chi connectivity index (χ1v) is 7.07. The van der Waals surface area contributed by atoms with Gasteiger partial charge in [-0.15, -0.1) is 12.4 Å². The summed E-state index contributed by atoms with van der Waals surface area (Å²) in [4.78, 5) is 0. The molecule has 0 heterocycles. The zero-order valence-corrected chi connectivity index (χ0v) is 13.0. The summed E-state index contributed by atoms with van der Waals surface area (Å²) in [6, 6.07) is 0. The van der Waals surface area contributed by atoms with Gasteiger partial charge in [-0.1, -0.05) is 40.0 Å². The Morgan fingerprint density at radius 1 is 0.882 bits per heavy atom. The molecular weight excluding hydrogens is 234 g/mol. The number of ether oxygens (including phenoxy) is 1. The van der Waals surface area contributed by atoms with Gasteiger partial charge in [0.1, 0.15) is 0 Å². The molecule has 17 heavy (non-hydrogen) atoms.